The summed E-state index contributed by atoms with van der Waals surface area (Å²) >= 11 is 3.01. The topological polar surface area (TPSA) is 56.0 Å². The van der Waals surface area contributed by atoms with Crippen LogP contribution in [0.4, 0.5) is 10.1 Å². The molecule has 0 spiro atoms. The predicted octanol–water partition coefficient (Wildman–Crippen LogP) is 2.02. The van der Waals surface area contributed by atoms with Gasteiger partial charge in [-0.05, 0) is 0 Å². The molecule has 4 nitrogen and oxygen atoms in total. The van der Waals surface area contributed by atoms with E-state index in [0.29, 0.717) is 0 Å². The summed E-state index contributed by atoms with van der Waals surface area (Å²) < 4.78 is 12.5. The van der Waals surface area contributed by atoms with E-state index >= 15 is 0 Å². The molecule has 12 heavy (non-hydrogen) atoms. The van der Waals surface area contributed by atoms with Gasteiger partial charge in [-0.25, -0.2) is 4.39 Å². The molecule has 6 heteroatoms. The van der Waals surface area contributed by atoms with E-state index in [4.69, 9.17) is 0 Å². The summed E-state index contributed by atoms with van der Waals surface area (Å²) in [4.78, 5) is 13.2. The highest BCUT2D eigenvalue weighted by molar-refractivity contribution is 9.08. The smallest absolute Gasteiger partial charge is 0.258 e. The zero-order chi connectivity index (χ0) is 9.14. The number of pyridine rings is 1. The lowest BCUT2D eigenvalue weighted by atomic mass is 10.3. The number of rotatable bonds is 2. The molecule has 1 aromatic rings. The average molecular weight is 235 g/mol. The first-order valence-corrected chi connectivity index (χ1v) is 4.12. The van der Waals surface area contributed by atoms with Crippen molar-refractivity contribution in [3.05, 3.63) is 33.9 Å². The van der Waals surface area contributed by atoms with Crippen LogP contribution in [0.3, 0.4) is 0 Å². The SMILES string of the molecule is O=[N+]([O-])c1cc(F)cnc1CBr. The Labute approximate surface area is 75.7 Å². The molecule has 0 unspecified atom stereocenters. The van der Waals surface area contributed by atoms with Crippen molar-refractivity contribution in [1.29, 1.82) is 0 Å². The number of alkyl halides is 1. The van der Waals surface area contributed by atoms with Gasteiger partial charge in [0.05, 0.1) is 22.5 Å². The van der Waals surface area contributed by atoms with Crippen molar-refractivity contribution in [3.8, 4) is 0 Å². The van der Waals surface area contributed by atoms with E-state index in [9.17, 15) is 14.5 Å². The van der Waals surface area contributed by atoms with E-state index < -0.39 is 10.7 Å². The highest BCUT2D eigenvalue weighted by Gasteiger charge is 2.14. The molecule has 0 aliphatic rings. The zero-order valence-corrected chi connectivity index (χ0v) is 7.41. The van der Waals surface area contributed by atoms with E-state index in [1.54, 1.807) is 0 Å². The van der Waals surface area contributed by atoms with E-state index in [2.05, 4.69) is 20.9 Å². The molecule has 0 aliphatic heterocycles. The molecular weight excluding hydrogens is 231 g/mol. The quantitative estimate of drug-likeness (QED) is 0.447. The molecule has 0 fully saturated rings. The van der Waals surface area contributed by atoms with Crippen LogP contribution in [0.25, 0.3) is 0 Å². The molecule has 1 heterocycles. The van der Waals surface area contributed by atoms with Crippen molar-refractivity contribution < 1.29 is 9.31 Å². The Morgan fingerprint density at radius 1 is 1.75 bits per heavy atom. The monoisotopic (exact) mass is 234 g/mol. The van der Waals surface area contributed by atoms with Crippen LogP contribution in [0.5, 0.6) is 0 Å². The van der Waals surface area contributed by atoms with Gasteiger partial charge in [0.15, 0.2) is 0 Å². The van der Waals surface area contributed by atoms with Crippen LogP contribution in [0, 0.1) is 15.9 Å². The number of aromatic nitrogens is 1. The fraction of sp³-hybridized carbons (Fsp3) is 0.167. The Hall–Kier alpha value is -1.04. The second-order valence-corrected chi connectivity index (χ2v) is 2.57. The summed E-state index contributed by atoms with van der Waals surface area (Å²) in [7, 11) is 0. The van der Waals surface area contributed by atoms with Crippen LogP contribution >= 0.6 is 15.9 Å². The second kappa shape index (κ2) is 3.57. The summed E-state index contributed by atoms with van der Waals surface area (Å²) in [6.45, 7) is 0. The van der Waals surface area contributed by atoms with Crippen molar-refractivity contribution >= 4 is 21.6 Å². The van der Waals surface area contributed by atoms with Crippen molar-refractivity contribution in [2.75, 3.05) is 0 Å². The van der Waals surface area contributed by atoms with E-state index in [1.165, 1.54) is 0 Å². The Bertz CT molecular complexity index is 318. The lowest BCUT2D eigenvalue weighted by Crippen LogP contribution is -1.97. The van der Waals surface area contributed by atoms with Gasteiger partial charge >= 0.3 is 0 Å². The van der Waals surface area contributed by atoms with Crippen LogP contribution in [0.2, 0.25) is 0 Å². The number of halogens is 2. The van der Waals surface area contributed by atoms with Crippen LogP contribution in [-0.2, 0) is 5.33 Å². The molecule has 0 bridgehead atoms. The molecule has 0 radical (unpaired) electrons. The molecule has 1 aromatic heterocycles. The molecule has 0 atom stereocenters. The lowest BCUT2D eigenvalue weighted by molar-refractivity contribution is -0.386. The maximum Gasteiger partial charge on any atom is 0.294 e. The summed E-state index contributed by atoms with van der Waals surface area (Å²) in [5.74, 6) is -0.702. The third kappa shape index (κ3) is 1.76. The molecular formula is C6H4BrFN2O2. The van der Waals surface area contributed by atoms with Gasteiger partial charge in [-0.1, -0.05) is 15.9 Å². The first kappa shape index (κ1) is 9.05. The van der Waals surface area contributed by atoms with Gasteiger partial charge in [-0.3, -0.25) is 15.1 Å². The van der Waals surface area contributed by atoms with E-state index in [0.717, 1.165) is 12.3 Å². The minimum absolute atomic E-state index is 0.224. The Morgan fingerprint density at radius 2 is 2.42 bits per heavy atom. The number of hydrogen-bond acceptors (Lipinski definition) is 3. The molecule has 0 saturated heterocycles. The first-order valence-electron chi connectivity index (χ1n) is 3.00. The van der Waals surface area contributed by atoms with E-state index in [-0.39, 0.29) is 16.7 Å². The Morgan fingerprint density at radius 3 is 2.92 bits per heavy atom. The van der Waals surface area contributed by atoms with Crippen LogP contribution in [0.1, 0.15) is 5.69 Å². The maximum atomic E-state index is 12.5. The molecule has 1 rings (SSSR count). The van der Waals surface area contributed by atoms with Crippen LogP contribution < -0.4 is 0 Å². The molecule has 0 aromatic carbocycles. The standard InChI is InChI=1S/C6H4BrFN2O2/c7-2-5-6(10(11)12)1-4(8)3-9-5/h1,3H,2H2. The molecule has 0 amide bonds. The molecule has 64 valence electrons. The van der Waals surface area contributed by atoms with Gasteiger partial charge < -0.3 is 0 Å². The van der Waals surface area contributed by atoms with Gasteiger partial charge in [0, 0.05) is 0 Å². The van der Waals surface area contributed by atoms with Gasteiger partial charge in [-0.2, -0.15) is 0 Å². The molecule has 0 N–H and O–H groups in total. The third-order valence-corrected chi connectivity index (χ3v) is 1.77. The minimum Gasteiger partial charge on any atom is -0.258 e. The number of nitro groups is 1. The highest BCUT2D eigenvalue weighted by Crippen LogP contribution is 2.18. The zero-order valence-electron chi connectivity index (χ0n) is 5.83. The molecule has 0 aliphatic carbocycles. The lowest BCUT2D eigenvalue weighted by Gasteiger charge is -1.96. The van der Waals surface area contributed by atoms with E-state index in [1.807, 2.05) is 0 Å². The average Bonchev–Trinajstić information content (AvgIpc) is 2.04. The normalized spacial score (nSPS) is 9.83. The fourth-order valence-corrected chi connectivity index (χ4v) is 1.15. The molecule has 0 saturated carbocycles. The fourth-order valence-electron chi connectivity index (χ4n) is 0.718. The largest absolute Gasteiger partial charge is 0.294 e. The maximum absolute atomic E-state index is 12.5. The van der Waals surface area contributed by atoms with Crippen molar-refractivity contribution in [3.63, 3.8) is 0 Å². The van der Waals surface area contributed by atoms with Crippen molar-refractivity contribution in [1.82, 2.24) is 4.98 Å². The van der Waals surface area contributed by atoms with Gasteiger partial charge in [0.1, 0.15) is 11.5 Å². The first-order chi connectivity index (χ1) is 5.65. The summed E-state index contributed by atoms with van der Waals surface area (Å²) in [5.41, 5.74) is -0.0757. The third-order valence-electron chi connectivity index (χ3n) is 1.24. The van der Waals surface area contributed by atoms with Crippen molar-refractivity contribution in [2.45, 2.75) is 5.33 Å². The number of nitrogens with zero attached hydrogens (tertiary/aromatic N) is 2. The second-order valence-electron chi connectivity index (χ2n) is 2.01. The predicted molar refractivity (Wildman–Crippen MR) is 43.5 cm³/mol. The number of hydrogen-bond donors (Lipinski definition) is 0. The van der Waals surface area contributed by atoms with Gasteiger partial charge in [0.25, 0.3) is 5.69 Å². The summed E-state index contributed by atoms with van der Waals surface area (Å²) in [5, 5.41) is 10.6. The van der Waals surface area contributed by atoms with Crippen LogP contribution in [-0.4, -0.2) is 9.91 Å². The summed E-state index contributed by atoms with van der Waals surface area (Å²) in [6.07, 6.45) is 0.948. The van der Waals surface area contributed by atoms with Crippen molar-refractivity contribution in [2.24, 2.45) is 0 Å². The summed E-state index contributed by atoms with van der Waals surface area (Å²) in [6, 6.07) is 0.851. The highest BCUT2D eigenvalue weighted by atomic mass is 79.9. The Kier molecular flexibility index (Phi) is 2.69. The minimum atomic E-state index is -0.702. The van der Waals surface area contributed by atoms with Gasteiger partial charge in [-0.15, -0.1) is 0 Å². The Balaban J connectivity index is 3.21. The van der Waals surface area contributed by atoms with Crippen LogP contribution in [0.15, 0.2) is 12.3 Å². The van der Waals surface area contributed by atoms with Gasteiger partial charge in [0.2, 0.25) is 0 Å².